The van der Waals surface area contributed by atoms with Gasteiger partial charge in [-0.3, -0.25) is 0 Å². The molecule has 3 aromatic rings. The topological polar surface area (TPSA) is 152 Å². The molecule has 0 bridgehead atoms. The smallest absolute Gasteiger partial charge is 0.282 e. The number of nitrogens with zero attached hydrogens (tertiary/aromatic N) is 8. The fourth-order valence-corrected chi connectivity index (χ4v) is 7.75. The zero-order chi connectivity index (χ0) is 28.6. The number of ether oxygens (including phenoxy) is 1. The lowest BCUT2D eigenvalue weighted by atomic mass is 9.81. The molecule has 1 atom stereocenters. The predicted molar refractivity (Wildman–Crippen MR) is 152 cm³/mol. The van der Waals surface area contributed by atoms with Gasteiger partial charge in [-0.15, -0.1) is 0 Å². The van der Waals surface area contributed by atoms with Crippen LogP contribution >= 0.6 is 0 Å². The molecule has 1 unspecified atom stereocenters. The number of nitriles is 1. The SMILES string of the molecule is Cc1cc(Nc2cccc(N3CCN(S(=O)(=O)N4CCOCC4)CC3C3CCC(O)CC3)n2)c2ncc(C#N)n2n1. The van der Waals surface area contributed by atoms with Crippen LogP contribution in [0.1, 0.15) is 37.1 Å². The lowest BCUT2D eigenvalue weighted by molar-refractivity contribution is 0.0684. The van der Waals surface area contributed by atoms with Gasteiger partial charge in [-0.05, 0) is 56.7 Å². The van der Waals surface area contributed by atoms with Gasteiger partial charge in [-0.1, -0.05) is 6.07 Å². The Balaban J connectivity index is 1.28. The fraction of sp³-hybridized carbons (Fsp3) is 0.556. The summed E-state index contributed by atoms with van der Waals surface area (Å²) in [5.41, 5.74) is 2.28. The number of hydrogen-bond acceptors (Lipinski definition) is 10. The number of rotatable bonds is 6. The Morgan fingerprint density at radius 1 is 1.10 bits per heavy atom. The summed E-state index contributed by atoms with van der Waals surface area (Å²) >= 11 is 0. The number of hydrogen-bond donors (Lipinski definition) is 2. The summed E-state index contributed by atoms with van der Waals surface area (Å²) in [5.74, 6) is 1.60. The number of aliphatic hydroxyl groups excluding tert-OH is 1. The molecule has 3 aliphatic rings. The molecule has 14 heteroatoms. The minimum atomic E-state index is -3.61. The molecule has 0 radical (unpaired) electrons. The monoisotopic (exact) mass is 581 g/mol. The second-order valence-corrected chi connectivity index (χ2v) is 12.8. The van der Waals surface area contributed by atoms with E-state index in [-0.39, 0.29) is 18.1 Å². The van der Waals surface area contributed by atoms with Gasteiger partial charge in [0.2, 0.25) is 0 Å². The van der Waals surface area contributed by atoms with Crippen molar-refractivity contribution < 1.29 is 18.3 Å². The number of morpholine rings is 1. The van der Waals surface area contributed by atoms with Gasteiger partial charge in [0.15, 0.2) is 11.3 Å². The van der Waals surface area contributed by atoms with E-state index < -0.39 is 10.2 Å². The van der Waals surface area contributed by atoms with E-state index in [2.05, 4.69) is 26.4 Å². The highest BCUT2D eigenvalue weighted by Crippen LogP contribution is 2.35. The fourth-order valence-electron chi connectivity index (χ4n) is 6.16. The number of imidazole rings is 1. The number of pyridine rings is 1. The summed E-state index contributed by atoms with van der Waals surface area (Å²) < 4.78 is 37.2. The molecule has 41 heavy (non-hydrogen) atoms. The first-order chi connectivity index (χ1) is 19.8. The van der Waals surface area contributed by atoms with Gasteiger partial charge in [-0.2, -0.15) is 27.4 Å². The lowest BCUT2D eigenvalue weighted by Gasteiger charge is -2.47. The van der Waals surface area contributed by atoms with Crippen LogP contribution in [-0.4, -0.2) is 99.8 Å². The third-order valence-corrected chi connectivity index (χ3v) is 10.3. The van der Waals surface area contributed by atoms with Crippen molar-refractivity contribution in [2.24, 2.45) is 5.92 Å². The van der Waals surface area contributed by atoms with Crippen LogP contribution < -0.4 is 10.2 Å². The summed E-state index contributed by atoms with van der Waals surface area (Å²) in [6, 6.07) is 9.66. The Hall–Kier alpha value is -3.35. The Morgan fingerprint density at radius 2 is 1.88 bits per heavy atom. The zero-order valence-corrected chi connectivity index (χ0v) is 23.9. The standard InChI is InChI=1S/C27H35N9O4S/c1-19-15-23(27-29-17-21(16-28)36(27)32-19)30-25-3-2-4-26(31-25)35-10-9-34(41(38,39)33-11-13-40-14-12-33)18-24(35)20-5-7-22(37)8-6-20/h2-4,15,17,20,22,24,37H,5-14,18H2,1H3,(H,30,31). The second-order valence-electron chi connectivity index (χ2n) is 10.9. The van der Waals surface area contributed by atoms with Crippen LogP contribution in [0.25, 0.3) is 5.65 Å². The minimum absolute atomic E-state index is 0.0739. The lowest BCUT2D eigenvalue weighted by Crippen LogP contribution is -2.61. The Morgan fingerprint density at radius 3 is 2.63 bits per heavy atom. The first-order valence-electron chi connectivity index (χ1n) is 14.1. The second kappa shape index (κ2) is 11.5. The molecule has 0 spiro atoms. The predicted octanol–water partition coefficient (Wildman–Crippen LogP) is 1.67. The van der Waals surface area contributed by atoms with Crippen LogP contribution in [0.5, 0.6) is 0 Å². The number of nitrogens with one attached hydrogen (secondary N) is 1. The van der Waals surface area contributed by atoms with Crippen molar-refractivity contribution in [2.45, 2.75) is 44.8 Å². The molecule has 3 fully saturated rings. The maximum absolute atomic E-state index is 13.6. The van der Waals surface area contributed by atoms with Gasteiger partial charge >= 0.3 is 0 Å². The Kier molecular flexibility index (Phi) is 7.80. The van der Waals surface area contributed by atoms with Crippen molar-refractivity contribution in [1.82, 2.24) is 28.2 Å². The molecule has 0 amide bonds. The van der Waals surface area contributed by atoms with E-state index in [4.69, 9.17) is 9.72 Å². The van der Waals surface area contributed by atoms with Crippen molar-refractivity contribution in [1.29, 1.82) is 5.26 Å². The van der Waals surface area contributed by atoms with Gasteiger partial charge < -0.3 is 20.1 Å². The van der Waals surface area contributed by atoms with Crippen LogP contribution in [0.4, 0.5) is 17.3 Å². The first-order valence-corrected chi connectivity index (χ1v) is 15.5. The summed E-state index contributed by atoms with van der Waals surface area (Å²) in [5, 5.41) is 27.3. The van der Waals surface area contributed by atoms with Crippen molar-refractivity contribution >= 4 is 33.2 Å². The van der Waals surface area contributed by atoms with Crippen molar-refractivity contribution in [2.75, 3.05) is 56.2 Å². The van der Waals surface area contributed by atoms with E-state index in [1.54, 1.807) is 4.31 Å². The highest BCUT2D eigenvalue weighted by Gasteiger charge is 2.41. The quantitative estimate of drug-likeness (QED) is 0.440. The molecule has 0 aromatic carbocycles. The molecule has 2 saturated heterocycles. The van der Waals surface area contributed by atoms with Gasteiger partial charge in [0, 0.05) is 38.8 Å². The van der Waals surface area contributed by atoms with Gasteiger partial charge in [-0.25, -0.2) is 14.5 Å². The van der Waals surface area contributed by atoms with Crippen molar-refractivity contribution in [3.63, 3.8) is 0 Å². The average molecular weight is 582 g/mol. The van der Waals surface area contributed by atoms with E-state index in [0.29, 0.717) is 81.6 Å². The molecule has 5 heterocycles. The molecule has 2 N–H and O–H groups in total. The van der Waals surface area contributed by atoms with Crippen LogP contribution in [0.3, 0.4) is 0 Å². The summed E-state index contributed by atoms with van der Waals surface area (Å²) in [6.45, 7) is 4.65. The minimum Gasteiger partial charge on any atom is -0.393 e. The third-order valence-electron chi connectivity index (χ3n) is 8.29. The van der Waals surface area contributed by atoms with Crippen LogP contribution in [0.2, 0.25) is 0 Å². The molecule has 218 valence electrons. The summed E-state index contributed by atoms with van der Waals surface area (Å²) in [4.78, 5) is 11.5. The zero-order valence-electron chi connectivity index (χ0n) is 23.1. The molecule has 3 aromatic heterocycles. The maximum atomic E-state index is 13.6. The first kappa shape index (κ1) is 27.8. The van der Waals surface area contributed by atoms with Gasteiger partial charge in [0.1, 0.15) is 17.7 Å². The summed E-state index contributed by atoms with van der Waals surface area (Å²) in [6.07, 6.45) is 4.29. The summed E-state index contributed by atoms with van der Waals surface area (Å²) in [7, 11) is -3.61. The van der Waals surface area contributed by atoms with E-state index >= 15 is 0 Å². The molecule has 1 aliphatic carbocycles. The molecule has 1 saturated carbocycles. The van der Waals surface area contributed by atoms with E-state index in [1.807, 2.05) is 31.2 Å². The van der Waals surface area contributed by atoms with E-state index in [9.17, 15) is 18.8 Å². The van der Waals surface area contributed by atoms with Crippen molar-refractivity contribution in [3.05, 3.63) is 41.9 Å². The number of aliphatic hydroxyl groups is 1. The largest absolute Gasteiger partial charge is 0.393 e. The third kappa shape index (κ3) is 5.60. The van der Waals surface area contributed by atoms with Crippen molar-refractivity contribution in [3.8, 4) is 6.07 Å². The highest BCUT2D eigenvalue weighted by molar-refractivity contribution is 7.86. The number of aryl methyl sites for hydroxylation is 1. The van der Waals surface area contributed by atoms with Crippen LogP contribution in [0, 0.1) is 24.2 Å². The molecule has 13 nitrogen and oxygen atoms in total. The average Bonchev–Trinajstić information content (AvgIpc) is 3.41. The highest BCUT2D eigenvalue weighted by atomic mass is 32.2. The normalized spacial score (nSPS) is 24.8. The van der Waals surface area contributed by atoms with Gasteiger partial charge in [0.05, 0.1) is 36.9 Å². The number of piperazine rings is 1. The van der Waals surface area contributed by atoms with Crippen LogP contribution in [0.15, 0.2) is 30.5 Å². The Bertz CT molecular complexity index is 1540. The molecular weight excluding hydrogens is 546 g/mol. The number of aromatic nitrogens is 4. The molecule has 2 aliphatic heterocycles. The van der Waals surface area contributed by atoms with E-state index in [1.165, 1.54) is 15.0 Å². The van der Waals surface area contributed by atoms with E-state index in [0.717, 1.165) is 24.4 Å². The van der Waals surface area contributed by atoms with Crippen LogP contribution in [-0.2, 0) is 14.9 Å². The molecular formula is C27H35N9O4S. The van der Waals surface area contributed by atoms with Gasteiger partial charge in [0.25, 0.3) is 10.2 Å². The number of anilines is 3. The Labute approximate surface area is 239 Å². The number of fused-ring (bicyclic) bond motifs is 1. The molecule has 6 rings (SSSR count). The maximum Gasteiger partial charge on any atom is 0.282 e.